The van der Waals surface area contributed by atoms with Gasteiger partial charge in [-0.3, -0.25) is 0 Å². The third-order valence-corrected chi connectivity index (χ3v) is 5.76. The smallest absolute Gasteiger partial charge is 0.296 e. The van der Waals surface area contributed by atoms with Gasteiger partial charge in [0.15, 0.2) is 17.5 Å². The SMILES string of the molecule is CCC(Oc1nc2nc(-c3ccc(N4CCCC4)cc3)c(Cl)cc2[nH]1)c1cc(O)no1. The number of ether oxygens (including phenoxy) is 1. The fourth-order valence-electron chi connectivity index (χ4n) is 3.87. The number of H-pyrrole nitrogens is 1. The molecule has 4 aromatic rings. The summed E-state index contributed by atoms with van der Waals surface area (Å²) in [4.78, 5) is 14.6. The van der Waals surface area contributed by atoms with Gasteiger partial charge in [0.05, 0.1) is 16.2 Å². The molecule has 1 aliphatic heterocycles. The molecule has 4 heterocycles. The minimum absolute atomic E-state index is 0.185. The number of nitrogens with one attached hydrogen (secondary N) is 1. The lowest BCUT2D eigenvalue weighted by molar-refractivity contribution is 0.148. The van der Waals surface area contributed by atoms with Gasteiger partial charge in [0, 0.05) is 30.4 Å². The Labute approximate surface area is 183 Å². The highest BCUT2D eigenvalue weighted by Crippen LogP contribution is 2.32. The molecule has 1 atom stereocenters. The van der Waals surface area contributed by atoms with Crippen LogP contribution in [0.5, 0.6) is 11.9 Å². The summed E-state index contributed by atoms with van der Waals surface area (Å²) in [6, 6.07) is 11.8. The third-order valence-electron chi connectivity index (χ3n) is 5.47. The van der Waals surface area contributed by atoms with E-state index in [1.54, 1.807) is 6.07 Å². The molecule has 5 rings (SSSR count). The van der Waals surface area contributed by atoms with E-state index in [2.05, 4.69) is 37.1 Å². The first kappa shape index (κ1) is 19.7. The molecule has 160 valence electrons. The average Bonchev–Trinajstić information content (AvgIpc) is 3.52. The van der Waals surface area contributed by atoms with Crippen molar-refractivity contribution in [3.05, 3.63) is 47.2 Å². The predicted molar refractivity (Wildman–Crippen MR) is 118 cm³/mol. The number of pyridine rings is 1. The molecule has 3 aromatic heterocycles. The molecule has 31 heavy (non-hydrogen) atoms. The highest BCUT2D eigenvalue weighted by atomic mass is 35.5. The van der Waals surface area contributed by atoms with Crippen LogP contribution in [0.3, 0.4) is 0 Å². The van der Waals surface area contributed by atoms with Crippen LogP contribution in [0.25, 0.3) is 22.4 Å². The standard InChI is InChI=1S/C22H22ClN5O3/c1-2-17(18-12-19(29)27-31-18)30-22-24-16-11-15(23)20(25-21(16)26-22)13-5-7-14(8-6-13)28-9-3-4-10-28/h5-8,11-12,17H,2-4,9-10H2,1H3,(H,27,29)(H,24,25,26). The van der Waals surface area contributed by atoms with Gasteiger partial charge >= 0.3 is 0 Å². The number of fused-ring (bicyclic) bond motifs is 1. The topological polar surface area (TPSA) is 100 Å². The lowest BCUT2D eigenvalue weighted by atomic mass is 10.1. The second kappa shape index (κ2) is 8.11. The van der Waals surface area contributed by atoms with E-state index in [9.17, 15) is 5.11 Å². The lowest BCUT2D eigenvalue weighted by Gasteiger charge is -2.17. The van der Waals surface area contributed by atoms with Gasteiger partial charge < -0.3 is 24.3 Å². The Hall–Kier alpha value is -3.26. The van der Waals surface area contributed by atoms with E-state index in [1.807, 2.05) is 19.1 Å². The largest absolute Gasteiger partial charge is 0.491 e. The maximum atomic E-state index is 9.41. The zero-order valence-electron chi connectivity index (χ0n) is 17.0. The maximum absolute atomic E-state index is 9.41. The zero-order chi connectivity index (χ0) is 21.4. The first-order chi connectivity index (χ1) is 15.1. The average molecular weight is 440 g/mol. The van der Waals surface area contributed by atoms with Gasteiger partial charge in [0.25, 0.3) is 11.9 Å². The van der Waals surface area contributed by atoms with Gasteiger partial charge in [0.2, 0.25) is 0 Å². The quantitative estimate of drug-likeness (QED) is 0.431. The number of benzene rings is 1. The van der Waals surface area contributed by atoms with Crippen LogP contribution >= 0.6 is 11.6 Å². The van der Waals surface area contributed by atoms with Crippen LogP contribution in [0.2, 0.25) is 5.02 Å². The molecule has 1 saturated heterocycles. The van der Waals surface area contributed by atoms with Crippen LogP contribution in [-0.2, 0) is 0 Å². The fourth-order valence-corrected chi connectivity index (χ4v) is 4.13. The summed E-state index contributed by atoms with van der Waals surface area (Å²) >= 11 is 6.53. The van der Waals surface area contributed by atoms with Gasteiger partial charge in [0.1, 0.15) is 0 Å². The summed E-state index contributed by atoms with van der Waals surface area (Å²) < 4.78 is 11.0. The highest BCUT2D eigenvalue weighted by molar-refractivity contribution is 6.33. The summed E-state index contributed by atoms with van der Waals surface area (Å²) in [5, 5.41) is 13.4. The van der Waals surface area contributed by atoms with Crippen molar-refractivity contribution in [2.45, 2.75) is 32.3 Å². The Morgan fingerprint density at radius 3 is 2.65 bits per heavy atom. The number of hydrogen-bond donors (Lipinski definition) is 2. The molecule has 8 nitrogen and oxygen atoms in total. The van der Waals surface area contributed by atoms with E-state index in [-0.39, 0.29) is 5.88 Å². The molecular formula is C22H22ClN5O3. The first-order valence-corrected chi connectivity index (χ1v) is 10.7. The van der Waals surface area contributed by atoms with Crippen molar-refractivity contribution >= 4 is 28.5 Å². The van der Waals surface area contributed by atoms with Crippen LogP contribution in [0.4, 0.5) is 5.69 Å². The monoisotopic (exact) mass is 439 g/mol. The maximum Gasteiger partial charge on any atom is 0.296 e. The molecule has 0 radical (unpaired) electrons. The van der Waals surface area contributed by atoms with Crippen LogP contribution in [0, 0.1) is 0 Å². The number of imidazole rings is 1. The van der Waals surface area contributed by atoms with Gasteiger partial charge in [-0.1, -0.05) is 30.7 Å². The van der Waals surface area contributed by atoms with Crippen molar-refractivity contribution in [1.29, 1.82) is 0 Å². The Bertz CT molecular complexity index is 1200. The molecule has 0 saturated carbocycles. The number of hydrogen-bond acceptors (Lipinski definition) is 7. The Morgan fingerprint density at radius 2 is 1.97 bits per heavy atom. The lowest BCUT2D eigenvalue weighted by Crippen LogP contribution is -2.17. The van der Waals surface area contributed by atoms with Crippen molar-refractivity contribution in [2.75, 3.05) is 18.0 Å². The van der Waals surface area contributed by atoms with Crippen LogP contribution in [-0.4, -0.2) is 38.3 Å². The van der Waals surface area contributed by atoms with Crippen molar-refractivity contribution in [3.63, 3.8) is 0 Å². The normalized spacial score (nSPS) is 15.0. The third kappa shape index (κ3) is 3.90. The van der Waals surface area contributed by atoms with Crippen molar-refractivity contribution in [1.82, 2.24) is 20.1 Å². The number of rotatable bonds is 6. The van der Waals surface area contributed by atoms with Gasteiger partial charge in [-0.2, -0.15) is 4.98 Å². The second-order valence-electron chi connectivity index (χ2n) is 7.58. The minimum Gasteiger partial charge on any atom is -0.491 e. The summed E-state index contributed by atoms with van der Waals surface area (Å²) in [6.07, 6.45) is 2.65. The molecule has 1 fully saturated rings. The zero-order valence-corrected chi connectivity index (χ0v) is 17.8. The van der Waals surface area contributed by atoms with Crippen LogP contribution in [0.1, 0.15) is 38.1 Å². The number of anilines is 1. The Morgan fingerprint density at radius 1 is 1.19 bits per heavy atom. The van der Waals surface area contributed by atoms with Gasteiger partial charge in [-0.15, -0.1) is 0 Å². The second-order valence-corrected chi connectivity index (χ2v) is 7.98. The molecule has 1 aromatic carbocycles. The van der Waals surface area contributed by atoms with E-state index in [4.69, 9.17) is 20.9 Å². The van der Waals surface area contributed by atoms with E-state index in [0.717, 1.165) is 18.7 Å². The summed E-state index contributed by atoms with van der Waals surface area (Å²) in [6.45, 7) is 4.14. The van der Waals surface area contributed by atoms with Gasteiger partial charge in [-0.05, 0) is 42.6 Å². The van der Waals surface area contributed by atoms with Gasteiger partial charge in [-0.25, -0.2) is 4.98 Å². The molecule has 0 amide bonds. The predicted octanol–water partition coefficient (Wildman–Crippen LogP) is 5.10. The summed E-state index contributed by atoms with van der Waals surface area (Å²) in [5.41, 5.74) is 4.01. The van der Waals surface area contributed by atoms with Crippen LogP contribution in [0.15, 0.2) is 40.9 Å². The molecular weight excluding hydrogens is 418 g/mol. The molecule has 0 aliphatic carbocycles. The number of aromatic nitrogens is 4. The minimum atomic E-state index is -0.443. The molecule has 0 bridgehead atoms. The molecule has 1 unspecified atom stereocenters. The number of nitrogens with zero attached hydrogens (tertiary/aromatic N) is 4. The van der Waals surface area contributed by atoms with E-state index < -0.39 is 6.10 Å². The number of halogens is 1. The summed E-state index contributed by atoms with van der Waals surface area (Å²) in [5.74, 6) is 0.237. The van der Waals surface area contributed by atoms with E-state index in [1.165, 1.54) is 24.6 Å². The number of aromatic amines is 1. The fraction of sp³-hybridized carbons (Fsp3) is 0.318. The molecule has 9 heteroatoms. The number of aromatic hydroxyl groups is 1. The summed E-state index contributed by atoms with van der Waals surface area (Å²) in [7, 11) is 0. The van der Waals surface area contributed by atoms with E-state index in [0.29, 0.717) is 40.1 Å². The molecule has 0 spiro atoms. The van der Waals surface area contributed by atoms with Crippen molar-refractivity contribution < 1.29 is 14.4 Å². The Balaban J connectivity index is 1.41. The molecule has 1 aliphatic rings. The Kier molecular flexibility index (Phi) is 5.15. The van der Waals surface area contributed by atoms with Crippen molar-refractivity contribution in [2.24, 2.45) is 0 Å². The van der Waals surface area contributed by atoms with Crippen molar-refractivity contribution in [3.8, 4) is 23.1 Å². The highest BCUT2D eigenvalue weighted by Gasteiger charge is 2.20. The molecule has 2 N–H and O–H groups in total. The van der Waals surface area contributed by atoms with E-state index >= 15 is 0 Å². The first-order valence-electron chi connectivity index (χ1n) is 10.3. The van der Waals surface area contributed by atoms with Crippen LogP contribution < -0.4 is 9.64 Å².